The molecule has 7 heteroatoms. The van der Waals surface area contributed by atoms with Gasteiger partial charge in [-0.15, -0.1) is 11.3 Å². The van der Waals surface area contributed by atoms with E-state index in [1.54, 1.807) is 22.6 Å². The van der Waals surface area contributed by atoms with Gasteiger partial charge in [0.2, 0.25) is 0 Å². The maximum absolute atomic E-state index is 13.1. The number of rotatable bonds is 6. The van der Waals surface area contributed by atoms with Gasteiger partial charge < -0.3 is 10.0 Å². The van der Waals surface area contributed by atoms with Gasteiger partial charge in [0.05, 0.1) is 12.2 Å². The smallest absolute Gasteiger partial charge is 0.259 e. The summed E-state index contributed by atoms with van der Waals surface area (Å²) in [5, 5.41) is 11.3. The molecule has 26 heavy (non-hydrogen) atoms. The summed E-state index contributed by atoms with van der Waals surface area (Å²) >= 11 is 1.46. The van der Waals surface area contributed by atoms with Crippen molar-refractivity contribution in [2.45, 2.75) is 25.8 Å². The average molecular weight is 373 g/mol. The van der Waals surface area contributed by atoms with Crippen LogP contribution in [0, 0.1) is 11.7 Å². The van der Waals surface area contributed by atoms with Crippen LogP contribution in [-0.2, 0) is 6.54 Å². The van der Waals surface area contributed by atoms with E-state index >= 15 is 0 Å². The van der Waals surface area contributed by atoms with Crippen molar-refractivity contribution < 1.29 is 9.50 Å². The largest absolute Gasteiger partial charge is 0.396 e. The lowest BCUT2D eigenvalue weighted by Crippen LogP contribution is -2.25. The molecule has 1 N–H and O–H groups in total. The number of thiazole rings is 1. The van der Waals surface area contributed by atoms with Crippen LogP contribution in [0.5, 0.6) is 0 Å². The minimum absolute atomic E-state index is 0.0833. The molecule has 0 amide bonds. The zero-order valence-corrected chi connectivity index (χ0v) is 15.2. The molecule has 1 aliphatic carbocycles. The molecule has 1 aromatic carbocycles. The third-order valence-electron chi connectivity index (χ3n) is 4.95. The highest BCUT2D eigenvalue weighted by Gasteiger charge is 2.40. The summed E-state index contributed by atoms with van der Waals surface area (Å²) in [6.45, 7) is 3.39. The SMILES string of the molecule is CCN(Cc1cc(=O)n2c([C@@H]3C[C@H]3CO)csc2n1)c1ccc(F)cc1. The van der Waals surface area contributed by atoms with Crippen LogP contribution in [0.2, 0.25) is 0 Å². The Hall–Kier alpha value is -2.25. The van der Waals surface area contributed by atoms with Crippen molar-refractivity contribution in [2.24, 2.45) is 5.92 Å². The average Bonchev–Trinajstić information content (AvgIpc) is 3.31. The van der Waals surface area contributed by atoms with Gasteiger partial charge in [-0.2, -0.15) is 0 Å². The highest BCUT2D eigenvalue weighted by atomic mass is 32.1. The van der Waals surface area contributed by atoms with E-state index in [2.05, 4.69) is 9.88 Å². The molecule has 2 heterocycles. The Morgan fingerprint density at radius 1 is 1.38 bits per heavy atom. The van der Waals surface area contributed by atoms with Gasteiger partial charge in [0.15, 0.2) is 4.96 Å². The molecule has 0 bridgehead atoms. The van der Waals surface area contributed by atoms with Crippen LogP contribution >= 0.6 is 11.3 Å². The van der Waals surface area contributed by atoms with E-state index in [0.717, 1.165) is 24.3 Å². The first-order valence-electron chi connectivity index (χ1n) is 8.72. The van der Waals surface area contributed by atoms with Gasteiger partial charge in [-0.1, -0.05) is 0 Å². The van der Waals surface area contributed by atoms with E-state index in [9.17, 15) is 14.3 Å². The molecule has 2 atom stereocenters. The number of fused-ring (bicyclic) bond motifs is 1. The molecule has 0 spiro atoms. The fraction of sp³-hybridized carbons (Fsp3) is 0.368. The van der Waals surface area contributed by atoms with Crippen molar-refractivity contribution in [3.63, 3.8) is 0 Å². The second kappa shape index (κ2) is 6.81. The number of aromatic nitrogens is 2. The molecule has 0 saturated heterocycles. The molecule has 0 unspecified atom stereocenters. The first kappa shape index (κ1) is 17.2. The van der Waals surface area contributed by atoms with Gasteiger partial charge in [0.25, 0.3) is 5.56 Å². The van der Waals surface area contributed by atoms with Crippen molar-refractivity contribution in [3.05, 3.63) is 63.3 Å². The van der Waals surface area contributed by atoms with E-state index in [-0.39, 0.29) is 29.8 Å². The van der Waals surface area contributed by atoms with E-state index in [4.69, 9.17) is 0 Å². The number of nitrogens with zero attached hydrogens (tertiary/aromatic N) is 3. The quantitative estimate of drug-likeness (QED) is 0.722. The Bertz CT molecular complexity index is 983. The summed E-state index contributed by atoms with van der Waals surface area (Å²) in [4.78, 5) is 20.0. The summed E-state index contributed by atoms with van der Waals surface area (Å²) in [5.74, 6) is 0.244. The molecule has 0 aliphatic heterocycles. The molecule has 4 rings (SSSR count). The number of benzene rings is 1. The number of aliphatic hydroxyl groups excluding tert-OH is 1. The van der Waals surface area contributed by atoms with Crippen LogP contribution in [0.3, 0.4) is 0 Å². The lowest BCUT2D eigenvalue weighted by molar-refractivity contribution is 0.273. The number of anilines is 1. The zero-order valence-electron chi connectivity index (χ0n) is 14.4. The summed E-state index contributed by atoms with van der Waals surface area (Å²) < 4.78 is 14.8. The van der Waals surface area contributed by atoms with Gasteiger partial charge in [0.1, 0.15) is 5.82 Å². The Balaban J connectivity index is 1.63. The molecule has 2 aromatic heterocycles. The van der Waals surface area contributed by atoms with Crippen molar-refractivity contribution in [2.75, 3.05) is 18.1 Å². The summed E-state index contributed by atoms with van der Waals surface area (Å²) in [7, 11) is 0. The van der Waals surface area contributed by atoms with E-state index in [1.807, 2.05) is 12.3 Å². The predicted molar refractivity (Wildman–Crippen MR) is 100 cm³/mol. The van der Waals surface area contributed by atoms with Crippen LogP contribution in [-0.4, -0.2) is 27.6 Å². The molecule has 136 valence electrons. The van der Waals surface area contributed by atoms with Crippen LogP contribution in [0.1, 0.15) is 30.7 Å². The van der Waals surface area contributed by atoms with Crippen LogP contribution in [0.4, 0.5) is 10.1 Å². The Morgan fingerprint density at radius 2 is 2.15 bits per heavy atom. The molecule has 3 aromatic rings. The van der Waals surface area contributed by atoms with Crippen molar-refractivity contribution in [3.8, 4) is 0 Å². The van der Waals surface area contributed by atoms with Gasteiger partial charge >= 0.3 is 0 Å². The number of aliphatic hydroxyl groups is 1. The lowest BCUT2D eigenvalue weighted by Gasteiger charge is -2.22. The maximum atomic E-state index is 13.1. The molecular formula is C19H20FN3O2S. The van der Waals surface area contributed by atoms with Gasteiger partial charge in [-0.25, -0.2) is 9.37 Å². The van der Waals surface area contributed by atoms with Crippen LogP contribution < -0.4 is 10.5 Å². The van der Waals surface area contributed by atoms with E-state index < -0.39 is 0 Å². The number of hydrogen-bond acceptors (Lipinski definition) is 5. The first-order chi connectivity index (χ1) is 12.6. The number of hydrogen-bond donors (Lipinski definition) is 1. The Morgan fingerprint density at radius 3 is 2.81 bits per heavy atom. The highest BCUT2D eigenvalue weighted by molar-refractivity contribution is 7.15. The second-order valence-corrected chi connectivity index (χ2v) is 7.48. The van der Waals surface area contributed by atoms with Gasteiger partial charge in [-0.05, 0) is 43.5 Å². The summed E-state index contributed by atoms with van der Waals surface area (Å²) in [5.41, 5.74) is 2.47. The first-order valence-corrected chi connectivity index (χ1v) is 9.60. The summed E-state index contributed by atoms with van der Waals surface area (Å²) in [6.07, 6.45) is 0.921. The Labute approximate surface area is 154 Å². The molecular weight excluding hydrogens is 353 g/mol. The normalized spacial score (nSPS) is 19.0. The van der Waals surface area contributed by atoms with Crippen LogP contribution in [0.25, 0.3) is 4.96 Å². The minimum Gasteiger partial charge on any atom is -0.396 e. The lowest BCUT2D eigenvalue weighted by atomic mass is 10.2. The topological polar surface area (TPSA) is 57.8 Å². The minimum atomic E-state index is -0.269. The molecule has 1 aliphatic rings. The third-order valence-corrected chi connectivity index (χ3v) is 5.79. The van der Waals surface area contributed by atoms with Gasteiger partial charge in [-0.3, -0.25) is 9.20 Å². The fourth-order valence-corrected chi connectivity index (χ4v) is 4.35. The maximum Gasteiger partial charge on any atom is 0.259 e. The van der Waals surface area contributed by atoms with Gasteiger partial charge in [0, 0.05) is 41.9 Å². The fourth-order valence-electron chi connectivity index (χ4n) is 3.37. The van der Waals surface area contributed by atoms with E-state index in [1.165, 1.54) is 23.5 Å². The Kier molecular flexibility index (Phi) is 4.50. The monoisotopic (exact) mass is 373 g/mol. The predicted octanol–water partition coefficient (Wildman–Crippen LogP) is 3.02. The second-order valence-electron chi connectivity index (χ2n) is 6.64. The molecule has 5 nitrogen and oxygen atoms in total. The van der Waals surface area contributed by atoms with Crippen molar-refractivity contribution in [1.29, 1.82) is 0 Å². The molecule has 0 radical (unpaired) electrons. The molecule has 1 fully saturated rings. The summed E-state index contributed by atoms with van der Waals surface area (Å²) in [6, 6.07) is 7.90. The van der Waals surface area contributed by atoms with Crippen molar-refractivity contribution in [1.82, 2.24) is 9.38 Å². The standard InChI is InChI=1S/C19H20FN3O2S/c1-2-22(15-5-3-13(20)4-6-15)9-14-8-18(25)23-17(11-26-19(23)21-14)16-7-12(16)10-24/h3-6,8,11-12,16,24H,2,7,9-10H2,1H3/t12-,16+/m0/s1. The zero-order chi connectivity index (χ0) is 18.3. The third kappa shape index (κ3) is 3.12. The van der Waals surface area contributed by atoms with Crippen LogP contribution in [0.15, 0.2) is 40.5 Å². The van der Waals surface area contributed by atoms with Crippen molar-refractivity contribution >= 4 is 22.0 Å². The number of halogens is 1. The van der Waals surface area contributed by atoms with E-state index in [0.29, 0.717) is 17.2 Å². The highest BCUT2D eigenvalue weighted by Crippen LogP contribution is 2.47. The molecule has 1 saturated carbocycles.